The molecule has 0 radical (unpaired) electrons. The van der Waals surface area contributed by atoms with E-state index >= 15 is 0 Å². The minimum absolute atomic E-state index is 1.25. The van der Waals surface area contributed by atoms with Crippen LogP contribution < -0.4 is 0 Å². The number of allylic oxidation sites excluding steroid dienone is 3. The summed E-state index contributed by atoms with van der Waals surface area (Å²) in [5.74, 6) is 0. The molecule has 0 aliphatic carbocycles. The maximum absolute atomic E-state index is 3.65. The molecule has 1 aromatic rings. The number of hydrogen-bond acceptors (Lipinski definition) is 1. The van der Waals surface area contributed by atoms with Crippen molar-refractivity contribution in [1.82, 2.24) is 0 Å². The maximum atomic E-state index is 3.65. The first-order chi connectivity index (χ1) is 8.34. The van der Waals surface area contributed by atoms with Gasteiger partial charge >= 0.3 is 0 Å². The summed E-state index contributed by atoms with van der Waals surface area (Å²) in [4.78, 5) is 0. The molecule has 0 aliphatic heterocycles. The summed E-state index contributed by atoms with van der Waals surface area (Å²) in [6.07, 6.45) is 5.51. The van der Waals surface area contributed by atoms with Crippen molar-refractivity contribution in [2.75, 3.05) is 6.26 Å². The van der Waals surface area contributed by atoms with Crippen LogP contribution in [0.4, 0.5) is 0 Å². The first kappa shape index (κ1) is 21.3. The average Bonchev–Trinajstić information content (AvgIpc) is 2.46. The van der Waals surface area contributed by atoms with Crippen molar-refractivity contribution in [3.63, 3.8) is 0 Å². The van der Waals surface area contributed by atoms with E-state index in [1.807, 2.05) is 58.0 Å². The SMILES string of the molecule is C=C/C=C(\C)c1ccccc1.CC.CC.CS. The highest BCUT2D eigenvalue weighted by molar-refractivity contribution is 7.79. The molecular formula is C16H28S. The molecule has 0 saturated heterocycles. The highest BCUT2D eigenvalue weighted by atomic mass is 32.1. The standard InChI is InChI=1S/C11H12.2C2H6.CH4S/c1-3-7-10(2)11-8-5-4-6-9-11;3*1-2/h3-9H,1H2,2H3;2*1-2H3;2H,1H3/b10-7+;;;. The largest absolute Gasteiger partial charge is 0.183 e. The van der Waals surface area contributed by atoms with Crippen LogP contribution in [0.25, 0.3) is 5.57 Å². The van der Waals surface area contributed by atoms with Crippen LogP contribution in [-0.2, 0) is 0 Å². The van der Waals surface area contributed by atoms with E-state index in [-0.39, 0.29) is 0 Å². The van der Waals surface area contributed by atoms with Gasteiger partial charge in [-0.3, -0.25) is 0 Å². The lowest BCUT2D eigenvalue weighted by Crippen LogP contribution is -1.75. The molecule has 0 fully saturated rings. The quantitative estimate of drug-likeness (QED) is 0.493. The van der Waals surface area contributed by atoms with Gasteiger partial charge in [0, 0.05) is 0 Å². The minimum Gasteiger partial charge on any atom is -0.183 e. The molecule has 0 atom stereocenters. The van der Waals surface area contributed by atoms with Gasteiger partial charge in [0.15, 0.2) is 0 Å². The highest BCUT2D eigenvalue weighted by Crippen LogP contribution is 2.11. The molecule has 0 amide bonds. The molecule has 1 rings (SSSR count). The van der Waals surface area contributed by atoms with E-state index in [1.165, 1.54) is 11.1 Å². The predicted octanol–water partition coefficient (Wildman–Crippen LogP) is 5.87. The summed E-state index contributed by atoms with van der Waals surface area (Å²) >= 11 is 3.53. The molecule has 0 N–H and O–H groups in total. The second kappa shape index (κ2) is 20.5. The van der Waals surface area contributed by atoms with E-state index in [4.69, 9.17) is 0 Å². The number of benzene rings is 1. The minimum atomic E-state index is 1.25. The molecule has 0 aliphatic rings. The molecular weight excluding hydrogens is 224 g/mol. The Balaban J connectivity index is -0.000000285. The Kier molecular flexibility index (Phi) is 25.7. The smallest absolute Gasteiger partial charge is 0.0215 e. The molecule has 0 aromatic heterocycles. The van der Waals surface area contributed by atoms with E-state index in [1.54, 1.807) is 6.26 Å². The van der Waals surface area contributed by atoms with Gasteiger partial charge in [-0.25, -0.2) is 0 Å². The molecule has 0 spiro atoms. The van der Waals surface area contributed by atoms with Crippen LogP contribution in [0.1, 0.15) is 40.2 Å². The van der Waals surface area contributed by atoms with Crippen LogP contribution in [0.2, 0.25) is 0 Å². The van der Waals surface area contributed by atoms with Crippen molar-refractivity contribution in [3.8, 4) is 0 Å². The summed E-state index contributed by atoms with van der Waals surface area (Å²) in [5, 5.41) is 0. The molecule has 98 valence electrons. The average molecular weight is 252 g/mol. The zero-order chi connectivity index (χ0) is 14.1. The fourth-order valence-corrected chi connectivity index (χ4v) is 0.974. The summed E-state index contributed by atoms with van der Waals surface area (Å²) in [7, 11) is 0. The number of hydrogen-bond donors (Lipinski definition) is 1. The maximum Gasteiger partial charge on any atom is -0.0215 e. The summed E-state index contributed by atoms with van der Waals surface area (Å²) < 4.78 is 0. The first-order valence-electron chi connectivity index (χ1n) is 6.14. The van der Waals surface area contributed by atoms with Crippen LogP contribution in [0.5, 0.6) is 0 Å². The van der Waals surface area contributed by atoms with E-state index in [0.717, 1.165) is 0 Å². The monoisotopic (exact) mass is 252 g/mol. The summed E-state index contributed by atoms with van der Waals surface area (Å²) in [6.45, 7) is 13.7. The van der Waals surface area contributed by atoms with Gasteiger partial charge in [-0.05, 0) is 24.3 Å². The van der Waals surface area contributed by atoms with Crippen LogP contribution in [-0.4, -0.2) is 6.26 Å². The van der Waals surface area contributed by atoms with E-state index in [2.05, 4.69) is 38.3 Å². The molecule has 1 heteroatoms. The van der Waals surface area contributed by atoms with Crippen molar-refractivity contribution in [1.29, 1.82) is 0 Å². The first-order valence-corrected chi connectivity index (χ1v) is 7.03. The molecule has 17 heavy (non-hydrogen) atoms. The van der Waals surface area contributed by atoms with E-state index < -0.39 is 0 Å². The topological polar surface area (TPSA) is 0 Å². The lowest BCUT2D eigenvalue weighted by molar-refractivity contribution is 1.50. The Morgan fingerprint density at radius 3 is 1.76 bits per heavy atom. The van der Waals surface area contributed by atoms with Crippen LogP contribution >= 0.6 is 12.6 Å². The lowest BCUT2D eigenvalue weighted by atomic mass is 10.1. The van der Waals surface area contributed by atoms with Crippen molar-refractivity contribution in [2.24, 2.45) is 0 Å². The van der Waals surface area contributed by atoms with Crippen molar-refractivity contribution in [3.05, 3.63) is 54.6 Å². The van der Waals surface area contributed by atoms with Gasteiger partial charge in [-0.15, -0.1) is 0 Å². The van der Waals surface area contributed by atoms with E-state index in [9.17, 15) is 0 Å². The van der Waals surface area contributed by atoms with Crippen LogP contribution in [0.3, 0.4) is 0 Å². The number of thiol groups is 1. The second-order valence-electron chi connectivity index (χ2n) is 2.45. The summed E-state index contributed by atoms with van der Waals surface area (Å²) in [5.41, 5.74) is 2.51. The molecule has 0 unspecified atom stereocenters. The van der Waals surface area contributed by atoms with Gasteiger partial charge in [-0.2, -0.15) is 12.6 Å². The summed E-state index contributed by atoms with van der Waals surface area (Å²) in [6, 6.07) is 10.3. The third-order valence-corrected chi connectivity index (χ3v) is 1.60. The Hall–Kier alpha value is -0.950. The molecule has 1 aromatic carbocycles. The molecule has 0 nitrogen and oxygen atoms in total. The van der Waals surface area contributed by atoms with Crippen LogP contribution in [0, 0.1) is 0 Å². The van der Waals surface area contributed by atoms with Crippen molar-refractivity contribution < 1.29 is 0 Å². The fraction of sp³-hybridized carbons (Fsp3) is 0.375. The third-order valence-electron chi connectivity index (χ3n) is 1.60. The zero-order valence-electron chi connectivity index (χ0n) is 12.2. The molecule has 0 heterocycles. The highest BCUT2D eigenvalue weighted by Gasteiger charge is 1.89. The lowest BCUT2D eigenvalue weighted by Gasteiger charge is -1.97. The van der Waals surface area contributed by atoms with Gasteiger partial charge in [0.2, 0.25) is 0 Å². The molecule has 0 bridgehead atoms. The van der Waals surface area contributed by atoms with Crippen molar-refractivity contribution in [2.45, 2.75) is 34.6 Å². The predicted molar refractivity (Wildman–Crippen MR) is 87.9 cm³/mol. The zero-order valence-corrected chi connectivity index (χ0v) is 13.1. The van der Waals surface area contributed by atoms with Gasteiger partial charge in [0.1, 0.15) is 0 Å². The Morgan fingerprint density at radius 2 is 1.41 bits per heavy atom. The molecule has 0 saturated carbocycles. The normalized spacial score (nSPS) is 8.29. The van der Waals surface area contributed by atoms with Gasteiger partial charge < -0.3 is 0 Å². The van der Waals surface area contributed by atoms with Gasteiger partial charge in [0.25, 0.3) is 0 Å². The Labute approximate surface area is 114 Å². The Morgan fingerprint density at radius 1 is 1.00 bits per heavy atom. The van der Waals surface area contributed by atoms with Gasteiger partial charge in [0.05, 0.1) is 0 Å². The fourth-order valence-electron chi connectivity index (χ4n) is 0.974. The van der Waals surface area contributed by atoms with E-state index in [0.29, 0.717) is 0 Å². The van der Waals surface area contributed by atoms with Crippen molar-refractivity contribution >= 4 is 18.2 Å². The van der Waals surface area contributed by atoms with Gasteiger partial charge in [-0.1, -0.05) is 76.8 Å². The number of rotatable bonds is 2. The second-order valence-corrected chi connectivity index (χ2v) is 2.45. The Bertz CT molecular complexity index is 260. The van der Waals surface area contributed by atoms with Crippen LogP contribution in [0.15, 0.2) is 49.1 Å². The third kappa shape index (κ3) is 13.0.